The van der Waals surface area contributed by atoms with Crippen molar-refractivity contribution in [3.05, 3.63) is 36.3 Å². The summed E-state index contributed by atoms with van der Waals surface area (Å²) < 4.78 is 5.61. The smallest absolute Gasteiger partial charge is 0.172 e. The molecule has 3 nitrogen and oxygen atoms in total. The van der Waals surface area contributed by atoms with E-state index >= 15 is 0 Å². The van der Waals surface area contributed by atoms with Gasteiger partial charge in [-0.05, 0) is 24.6 Å². The molecule has 0 fully saturated rings. The molecule has 0 saturated heterocycles. The van der Waals surface area contributed by atoms with Crippen LogP contribution in [0, 0.1) is 6.92 Å². The molecule has 0 unspecified atom stereocenters. The zero-order valence-corrected chi connectivity index (χ0v) is 7.69. The summed E-state index contributed by atoms with van der Waals surface area (Å²) in [6.07, 6.45) is 3.23. The van der Waals surface area contributed by atoms with Gasteiger partial charge >= 0.3 is 0 Å². The molecule has 3 aromatic rings. The third-order valence-corrected chi connectivity index (χ3v) is 2.29. The van der Waals surface area contributed by atoms with Crippen LogP contribution in [0.4, 0.5) is 0 Å². The normalized spacial score (nSPS) is 11.2. The molecule has 68 valence electrons. The van der Waals surface area contributed by atoms with Crippen molar-refractivity contribution in [3.63, 3.8) is 0 Å². The number of hydrogen-bond donors (Lipinski definition) is 0. The Morgan fingerprint density at radius 2 is 2.14 bits per heavy atom. The molecule has 0 spiro atoms. The van der Waals surface area contributed by atoms with E-state index in [-0.39, 0.29) is 0 Å². The van der Waals surface area contributed by atoms with Crippen molar-refractivity contribution < 1.29 is 4.42 Å². The number of nitrogens with zero attached hydrogens (tertiary/aromatic N) is 2. The lowest BCUT2D eigenvalue weighted by molar-refractivity contribution is 0.665. The number of benzene rings is 1. The zero-order chi connectivity index (χ0) is 9.54. The number of furan rings is 1. The molecule has 0 atom stereocenters. The van der Waals surface area contributed by atoms with Gasteiger partial charge < -0.3 is 4.42 Å². The van der Waals surface area contributed by atoms with Crippen LogP contribution in [0.3, 0.4) is 0 Å². The summed E-state index contributed by atoms with van der Waals surface area (Å²) in [6, 6.07) is 6.10. The third kappa shape index (κ3) is 0.923. The van der Waals surface area contributed by atoms with Crippen LogP contribution in [0.5, 0.6) is 0 Å². The van der Waals surface area contributed by atoms with Crippen molar-refractivity contribution in [2.24, 2.45) is 0 Å². The summed E-state index contributed by atoms with van der Waals surface area (Å²) in [6.45, 7) is 2.04. The minimum Gasteiger partial charge on any atom is -0.453 e. The van der Waals surface area contributed by atoms with Gasteiger partial charge in [0.15, 0.2) is 5.58 Å². The van der Waals surface area contributed by atoms with E-state index in [1.54, 1.807) is 6.20 Å². The molecule has 2 aromatic heterocycles. The van der Waals surface area contributed by atoms with E-state index in [4.69, 9.17) is 4.42 Å². The molecule has 0 radical (unpaired) electrons. The third-order valence-electron chi connectivity index (χ3n) is 2.29. The van der Waals surface area contributed by atoms with Crippen LogP contribution in [-0.4, -0.2) is 9.97 Å². The monoisotopic (exact) mass is 184 g/mol. The van der Waals surface area contributed by atoms with Gasteiger partial charge in [0.05, 0.1) is 6.20 Å². The molecule has 0 N–H and O–H groups in total. The summed E-state index contributed by atoms with van der Waals surface area (Å²) in [5, 5.41) is 1.05. The Labute approximate surface area is 80.4 Å². The number of fused-ring (bicyclic) bond motifs is 3. The quantitative estimate of drug-likeness (QED) is 0.539. The lowest BCUT2D eigenvalue weighted by Crippen LogP contribution is -1.75. The standard InChI is InChI=1S/C11H8N2O/c1-7-2-3-8-9(4-7)14-10-5-12-6-13-11(8)10/h2-6H,1H3. The number of aryl methyl sites for hydroxylation is 1. The van der Waals surface area contributed by atoms with E-state index in [1.165, 1.54) is 11.9 Å². The maximum Gasteiger partial charge on any atom is 0.172 e. The lowest BCUT2D eigenvalue weighted by Gasteiger charge is -1.89. The minimum absolute atomic E-state index is 0.744. The van der Waals surface area contributed by atoms with Gasteiger partial charge in [0, 0.05) is 5.39 Å². The van der Waals surface area contributed by atoms with Gasteiger partial charge in [0.25, 0.3) is 0 Å². The topological polar surface area (TPSA) is 38.9 Å². The Hall–Kier alpha value is -1.90. The van der Waals surface area contributed by atoms with Gasteiger partial charge in [0.1, 0.15) is 17.4 Å². The fourth-order valence-corrected chi connectivity index (χ4v) is 1.62. The Morgan fingerprint density at radius 3 is 3.07 bits per heavy atom. The van der Waals surface area contributed by atoms with Gasteiger partial charge in [-0.15, -0.1) is 0 Å². The van der Waals surface area contributed by atoms with E-state index in [2.05, 4.69) is 16.0 Å². The Kier molecular flexibility index (Phi) is 1.36. The van der Waals surface area contributed by atoms with Gasteiger partial charge in [0.2, 0.25) is 0 Å². The van der Waals surface area contributed by atoms with Crippen LogP contribution < -0.4 is 0 Å². The summed E-state index contributed by atoms with van der Waals surface area (Å²) in [5.41, 5.74) is 3.69. The first-order valence-electron chi connectivity index (χ1n) is 4.43. The fraction of sp³-hybridized carbons (Fsp3) is 0.0909. The molecular weight excluding hydrogens is 176 g/mol. The number of hydrogen-bond acceptors (Lipinski definition) is 3. The molecule has 0 amide bonds. The maximum absolute atomic E-state index is 5.61. The molecule has 14 heavy (non-hydrogen) atoms. The molecule has 1 aromatic carbocycles. The largest absolute Gasteiger partial charge is 0.453 e. The highest BCUT2D eigenvalue weighted by molar-refractivity contribution is 6.01. The lowest BCUT2D eigenvalue weighted by atomic mass is 10.2. The number of aromatic nitrogens is 2. The second kappa shape index (κ2) is 2.54. The Morgan fingerprint density at radius 1 is 1.21 bits per heavy atom. The van der Waals surface area contributed by atoms with Crippen molar-refractivity contribution >= 4 is 22.1 Å². The first-order valence-corrected chi connectivity index (χ1v) is 4.43. The van der Waals surface area contributed by atoms with Crippen molar-refractivity contribution in [2.45, 2.75) is 6.92 Å². The van der Waals surface area contributed by atoms with Gasteiger partial charge in [-0.25, -0.2) is 9.97 Å². The van der Waals surface area contributed by atoms with E-state index in [1.807, 2.05) is 19.1 Å². The van der Waals surface area contributed by atoms with Crippen molar-refractivity contribution in [3.8, 4) is 0 Å². The van der Waals surface area contributed by atoms with Crippen LogP contribution in [0.1, 0.15) is 5.56 Å². The van der Waals surface area contributed by atoms with Crippen LogP contribution >= 0.6 is 0 Å². The van der Waals surface area contributed by atoms with Crippen LogP contribution in [0.15, 0.2) is 35.1 Å². The first kappa shape index (κ1) is 7.50. The van der Waals surface area contributed by atoms with Crippen molar-refractivity contribution in [2.75, 3.05) is 0 Å². The predicted molar refractivity (Wildman–Crippen MR) is 54.0 cm³/mol. The van der Waals surface area contributed by atoms with Gasteiger partial charge in [-0.2, -0.15) is 0 Å². The molecule has 0 aliphatic carbocycles. The average Bonchev–Trinajstić information content (AvgIpc) is 2.54. The van der Waals surface area contributed by atoms with E-state index in [9.17, 15) is 0 Å². The molecule has 0 bridgehead atoms. The summed E-state index contributed by atoms with van der Waals surface area (Å²) >= 11 is 0. The first-order chi connectivity index (χ1) is 6.84. The highest BCUT2D eigenvalue weighted by Crippen LogP contribution is 2.26. The molecule has 2 heterocycles. The Balaban J connectivity index is 2.57. The van der Waals surface area contributed by atoms with Gasteiger partial charge in [-0.1, -0.05) is 6.07 Å². The fourth-order valence-electron chi connectivity index (χ4n) is 1.62. The molecule has 0 saturated carbocycles. The summed E-state index contributed by atoms with van der Waals surface area (Å²) in [5.74, 6) is 0. The summed E-state index contributed by atoms with van der Waals surface area (Å²) in [4.78, 5) is 8.12. The van der Waals surface area contributed by atoms with Crippen LogP contribution in [0.25, 0.3) is 22.1 Å². The van der Waals surface area contributed by atoms with Crippen molar-refractivity contribution in [1.82, 2.24) is 9.97 Å². The molecule has 3 heteroatoms. The molecule has 3 rings (SSSR count). The second-order valence-electron chi connectivity index (χ2n) is 3.34. The van der Waals surface area contributed by atoms with Crippen LogP contribution in [0.2, 0.25) is 0 Å². The highest BCUT2D eigenvalue weighted by Gasteiger charge is 2.06. The molecular formula is C11H8N2O. The van der Waals surface area contributed by atoms with Gasteiger partial charge in [-0.3, -0.25) is 0 Å². The second-order valence-corrected chi connectivity index (χ2v) is 3.34. The summed E-state index contributed by atoms with van der Waals surface area (Å²) in [7, 11) is 0. The Bertz CT molecular complexity index is 613. The number of rotatable bonds is 0. The van der Waals surface area contributed by atoms with E-state index in [0.717, 1.165) is 22.1 Å². The molecule has 0 aliphatic rings. The SMILES string of the molecule is Cc1ccc2c(c1)oc1cncnc12. The minimum atomic E-state index is 0.744. The van der Waals surface area contributed by atoms with E-state index < -0.39 is 0 Å². The predicted octanol–water partition coefficient (Wildman–Crippen LogP) is 2.68. The van der Waals surface area contributed by atoms with Crippen LogP contribution in [-0.2, 0) is 0 Å². The van der Waals surface area contributed by atoms with E-state index in [0.29, 0.717) is 0 Å². The van der Waals surface area contributed by atoms with Crippen molar-refractivity contribution in [1.29, 1.82) is 0 Å². The molecule has 0 aliphatic heterocycles. The maximum atomic E-state index is 5.61. The average molecular weight is 184 g/mol. The highest BCUT2D eigenvalue weighted by atomic mass is 16.3. The zero-order valence-electron chi connectivity index (χ0n) is 7.69.